The highest BCUT2D eigenvalue weighted by Crippen LogP contribution is 2.23. The summed E-state index contributed by atoms with van der Waals surface area (Å²) in [6.07, 6.45) is 8.33. The third-order valence-electron chi connectivity index (χ3n) is 5.19. The average Bonchev–Trinajstić information content (AvgIpc) is 2.58. The molecule has 2 aliphatic rings. The third-order valence-corrected chi connectivity index (χ3v) is 5.19. The van der Waals surface area contributed by atoms with Crippen molar-refractivity contribution in [3.63, 3.8) is 0 Å². The molecule has 1 aromatic heterocycles. The maximum atomic E-state index is 12.3. The monoisotopic (exact) mass is 331 g/mol. The Bertz CT molecular complexity index is 548. The highest BCUT2D eigenvalue weighted by atomic mass is 16.2. The van der Waals surface area contributed by atoms with Crippen LogP contribution >= 0.6 is 0 Å². The Hall–Kier alpha value is -1.69. The fourth-order valence-electron chi connectivity index (χ4n) is 3.62. The lowest BCUT2D eigenvalue weighted by molar-refractivity contribution is -0.123. The van der Waals surface area contributed by atoms with Gasteiger partial charge in [-0.05, 0) is 38.5 Å². The molecule has 1 saturated heterocycles. The maximum Gasteiger partial charge on any atom is 0.234 e. The maximum absolute atomic E-state index is 12.3. The zero-order chi connectivity index (χ0) is 16.9. The fourth-order valence-corrected chi connectivity index (χ4v) is 3.62. The molecular weight excluding hydrogens is 302 g/mol. The van der Waals surface area contributed by atoms with Gasteiger partial charge in [0.15, 0.2) is 0 Å². The predicted octanol–water partition coefficient (Wildman–Crippen LogP) is 1.60. The summed E-state index contributed by atoms with van der Waals surface area (Å²) in [5, 5.41) is 3.22. The first kappa shape index (κ1) is 17.1. The first-order valence-electron chi connectivity index (χ1n) is 9.15. The van der Waals surface area contributed by atoms with E-state index in [1.807, 2.05) is 13.1 Å². The number of nitrogens with zero attached hydrogens (tertiary/aromatic N) is 4. The Balaban J connectivity index is 1.41. The zero-order valence-corrected chi connectivity index (χ0v) is 14.9. The number of carbonyl (C=O) groups excluding carboxylic acids is 1. The van der Waals surface area contributed by atoms with Gasteiger partial charge in [-0.25, -0.2) is 4.98 Å². The minimum Gasteiger partial charge on any atom is -0.353 e. The van der Waals surface area contributed by atoms with Crippen molar-refractivity contribution in [1.82, 2.24) is 20.2 Å². The van der Waals surface area contributed by atoms with Crippen LogP contribution in [0.25, 0.3) is 0 Å². The van der Waals surface area contributed by atoms with Gasteiger partial charge in [0.05, 0.1) is 18.4 Å². The van der Waals surface area contributed by atoms with E-state index in [1.54, 1.807) is 6.20 Å². The van der Waals surface area contributed by atoms with Gasteiger partial charge in [-0.2, -0.15) is 0 Å². The summed E-state index contributed by atoms with van der Waals surface area (Å²) >= 11 is 0. The number of rotatable bonds is 4. The van der Waals surface area contributed by atoms with Crippen molar-refractivity contribution in [2.24, 2.45) is 5.92 Å². The molecule has 0 unspecified atom stereocenters. The van der Waals surface area contributed by atoms with Gasteiger partial charge in [-0.15, -0.1) is 0 Å². The van der Waals surface area contributed by atoms with E-state index in [1.165, 1.54) is 12.8 Å². The van der Waals surface area contributed by atoms with Crippen molar-refractivity contribution in [3.05, 3.63) is 18.1 Å². The molecule has 1 N–H and O–H groups in total. The minimum absolute atomic E-state index is 0.179. The molecule has 1 amide bonds. The molecule has 0 bridgehead atoms. The van der Waals surface area contributed by atoms with Gasteiger partial charge in [0.25, 0.3) is 0 Å². The SMILES string of the molecule is Cc1cncc(N2CCN(CC(=O)NC3CCC(C)CC3)CC2)n1. The van der Waals surface area contributed by atoms with Crippen LogP contribution in [0.3, 0.4) is 0 Å². The van der Waals surface area contributed by atoms with Gasteiger partial charge in [0.1, 0.15) is 5.82 Å². The summed E-state index contributed by atoms with van der Waals surface area (Å²) in [7, 11) is 0. The van der Waals surface area contributed by atoms with E-state index < -0.39 is 0 Å². The molecular formula is C18H29N5O. The van der Waals surface area contributed by atoms with Crippen LogP contribution in [0.5, 0.6) is 0 Å². The molecule has 1 aliphatic heterocycles. The predicted molar refractivity (Wildman–Crippen MR) is 95.0 cm³/mol. The van der Waals surface area contributed by atoms with Crippen LogP contribution in [0.15, 0.2) is 12.4 Å². The molecule has 6 nitrogen and oxygen atoms in total. The van der Waals surface area contributed by atoms with Crippen LogP contribution < -0.4 is 10.2 Å². The molecule has 1 aliphatic carbocycles. The van der Waals surface area contributed by atoms with E-state index >= 15 is 0 Å². The summed E-state index contributed by atoms with van der Waals surface area (Å²) in [6.45, 7) is 8.35. The molecule has 132 valence electrons. The van der Waals surface area contributed by atoms with Crippen LogP contribution in [0.1, 0.15) is 38.3 Å². The second-order valence-electron chi connectivity index (χ2n) is 7.31. The van der Waals surface area contributed by atoms with Crippen LogP contribution in [0, 0.1) is 12.8 Å². The van der Waals surface area contributed by atoms with E-state index in [9.17, 15) is 4.79 Å². The number of nitrogens with one attached hydrogen (secondary N) is 1. The Morgan fingerprint density at radius 3 is 2.54 bits per heavy atom. The van der Waals surface area contributed by atoms with E-state index in [2.05, 4.69) is 32.0 Å². The van der Waals surface area contributed by atoms with Crippen LogP contribution in [0.4, 0.5) is 5.82 Å². The van der Waals surface area contributed by atoms with E-state index in [4.69, 9.17) is 0 Å². The van der Waals surface area contributed by atoms with Crippen LogP contribution in [-0.2, 0) is 4.79 Å². The molecule has 0 aromatic carbocycles. The number of anilines is 1. The lowest BCUT2D eigenvalue weighted by Gasteiger charge is -2.35. The van der Waals surface area contributed by atoms with Crippen molar-refractivity contribution in [2.45, 2.75) is 45.6 Å². The lowest BCUT2D eigenvalue weighted by atomic mass is 9.87. The molecule has 2 fully saturated rings. The number of hydrogen-bond acceptors (Lipinski definition) is 5. The van der Waals surface area contributed by atoms with Crippen molar-refractivity contribution in [1.29, 1.82) is 0 Å². The summed E-state index contributed by atoms with van der Waals surface area (Å²) in [5.41, 5.74) is 0.941. The molecule has 3 rings (SSSR count). The summed E-state index contributed by atoms with van der Waals surface area (Å²) in [4.78, 5) is 25.5. The number of carbonyl (C=O) groups is 1. The van der Waals surface area contributed by atoms with Crippen molar-refractivity contribution >= 4 is 11.7 Å². The quantitative estimate of drug-likeness (QED) is 0.908. The van der Waals surface area contributed by atoms with Crippen molar-refractivity contribution < 1.29 is 4.79 Å². The van der Waals surface area contributed by atoms with E-state index in [0.717, 1.165) is 56.5 Å². The molecule has 0 spiro atoms. The topological polar surface area (TPSA) is 61.4 Å². The zero-order valence-electron chi connectivity index (χ0n) is 14.9. The summed E-state index contributed by atoms with van der Waals surface area (Å²) in [6, 6.07) is 0.387. The molecule has 24 heavy (non-hydrogen) atoms. The number of amides is 1. The highest BCUT2D eigenvalue weighted by Gasteiger charge is 2.23. The Kier molecular flexibility index (Phi) is 5.66. The van der Waals surface area contributed by atoms with Crippen molar-refractivity contribution in [3.8, 4) is 0 Å². The number of aromatic nitrogens is 2. The van der Waals surface area contributed by atoms with E-state index in [0.29, 0.717) is 12.6 Å². The van der Waals surface area contributed by atoms with Gasteiger partial charge in [0.2, 0.25) is 5.91 Å². The minimum atomic E-state index is 0.179. The molecule has 2 heterocycles. The number of piperazine rings is 1. The molecule has 0 atom stereocenters. The molecule has 6 heteroatoms. The van der Waals surface area contributed by atoms with Gasteiger partial charge >= 0.3 is 0 Å². The largest absolute Gasteiger partial charge is 0.353 e. The average molecular weight is 331 g/mol. The lowest BCUT2D eigenvalue weighted by Crippen LogP contribution is -2.51. The summed E-state index contributed by atoms with van der Waals surface area (Å²) in [5.74, 6) is 1.93. The van der Waals surface area contributed by atoms with E-state index in [-0.39, 0.29) is 5.91 Å². The van der Waals surface area contributed by atoms with Crippen LogP contribution in [-0.4, -0.2) is 59.5 Å². The van der Waals surface area contributed by atoms with Gasteiger partial charge in [0, 0.05) is 38.4 Å². The Morgan fingerprint density at radius 1 is 1.17 bits per heavy atom. The second kappa shape index (κ2) is 7.92. The van der Waals surface area contributed by atoms with Gasteiger partial charge < -0.3 is 10.2 Å². The smallest absolute Gasteiger partial charge is 0.234 e. The van der Waals surface area contributed by atoms with Crippen LogP contribution in [0.2, 0.25) is 0 Å². The summed E-state index contributed by atoms with van der Waals surface area (Å²) < 4.78 is 0. The number of hydrogen-bond donors (Lipinski definition) is 1. The normalized spacial score (nSPS) is 25.5. The third kappa shape index (κ3) is 4.66. The highest BCUT2D eigenvalue weighted by molar-refractivity contribution is 5.78. The molecule has 1 aromatic rings. The fraction of sp³-hybridized carbons (Fsp3) is 0.722. The first-order chi connectivity index (χ1) is 11.6. The van der Waals surface area contributed by atoms with Gasteiger partial charge in [-0.1, -0.05) is 6.92 Å². The second-order valence-corrected chi connectivity index (χ2v) is 7.31. The molecule has 0 radical (unpaired) electrons. The first-order valence-corrected chi connectivity index (χ1v) is 9.15. The van der Waals surface area contributed by atoms with Crippen molar-refractivity contribution in [2.75, 3.05) is 37.6 Å². The standard InChI is InChI=1S/C18H29N5O/c1-14-3-5-16(6-4-14)21-18(24)13-22-7-9-23(10-8-22)17-12-19-11-15(2)20-17/h11-12,14,16H,3-10,13H2,1-2H3,(H,21,24). The molecule has 1 saturated carbocycles. The van der Waals surface area contributed by atoms with Gasteiger partial charge in [-0.3, -0.25) is 14.7 Å². The Labute approximate surface area is 144 Å². The number of aryl methyl sites for hydroxylation is 1. The Morgan fingerprint density at radius 2 is 1.88 bits per heavy atom.